The molecule has 0 bridgehead atoms. The van der Waals surface area contributed by atoms with Crippen LogP contribution < -0.4 is 5.32 Å². The van der Waals surface area contributed by atoms with Gasteiger partial charge in [0.25, 0.3) is 5.91 Å². The summed E-state index contributed by atoms with van der Waals surface area (Å²) in [7, 11) is 0. The van der Waals surface area contributed by atoms with Gasteiger partial charge in [0.1, 0.15) is 5.82 Å². The van der Waals surface area contributed by atoms with E-state index in [-0.39, 0.29) is 17.5 Å². The molecule has 1 aliphatic heterocycles. The molecule has 1 aliphatic rings. The van der Waals surface area contributed by atoms with E-state index in [2.05, 4.69) is 10.3 Å². The van der Waals surface area contributed by atoms with Crippen molar-refractivity contribution in [3.63, 3.8) is 0 Å². The van der Waals surface area contributed by atoms with Gasteiger partial charge in [0, 0.05) is 32.0 Å². The first-order valence-electron chi connectivity index (χ1n) is 7.34. The minimum absolute atomic E-state index is 0.126. The highest BCUT2D eigenvalue weighted by atomic mass is 19.1. The van der Waals surface area contributed by atoms with Crippen molar-refractivity contribution in [3.8, 4) is 0 Å². The highest BCUT2D eigenvalue weighted by Crippen LogP contribution is 2.24. The molecule has 1 fully saturated rings. The second-order valence-corrected chi connectivity index (χ2v) is 5.49. The van der Waals surface area contributed by atoms with E-state index < -0.39 is 5.82 Å². The third-order valence-corrected chi connectivity index (χ3v) is 3.93. The van der Waals surface area contributed by atoms with Crippen LogP contribution >= 0.6 is 0 Å². The number of nitrogens with one attached hydrogen (secondary N) is 1. The van der Waals surface area contributed by atoms with Crippen LogP contribution in [0.1, 0.15) is 27.5 Å². The summed E-state index contributed by atoms with van der Waals surface area (Å²) >= 11 is 0. The zero-order chi connectivity index (χ0) is 15.5. The molecule has 1 saturated heterocycles. The Kier molecular flexibility index (Phi) is 4.15. The van der Waals surface area contributed by atoms with E-state index in [0.29, 0.717) is 19.6 Å². The summed E-state index contributed by atoms with van der Waals surface area (Å²) < 4.78 is 14.1. The summed E-state index contributed by atoms with van der Waals surface area (Å²) in [5.41, 5.74) is 1.88. The van der Waals surface area contributed by atoms with Crippen LogP contribution in [0.2, 0.25) is 0 Å². The zero-order valence-corrected chi connectivity index (χ0v) is 12.4. The molecular weight excluding hydrogens is 281 g/mol. The Morgan fingerprint density at radius 2 is 2.27 bits per heavy atom. The Hall–Kier alpha value is -2.27. The zero-order valence-electron chi connectivity index (χ0n) is 12.4. The summed E-state index contributed by atoms with van der Waals surface area (Å²) in [5.74, 6) is -0.735. The number of piperazine rings is 1. The van der Waals surface area contributed by atoms with Crippen molar-refractivity contribution in [2.45, 2.75) is 13.0 Å². The number of pyridine rings is 1. The van der Waals surface area contributed by atoms with Crippen LogP contribution in [-0.2, 0) is 0 Å². The van der Waals surface area contributed by atoms with Gasteiger partial charge in [-0.1, -0.05) is 12.1 Å². The maximum Gasteiger partial charge on any atom is 0.257 e. The third-order valence-electron chi connectivity index (χ3n) is 3.93. The van der Waals surface area contributed by atoms with Gasteiger partial charge < -0.3 is 10.2 Å². The fraction of sp³-hybridized carbons (Fsp3) is 0.294. The standard InChI is InChI=1S/C17H18FN3O/c1-12-4-5-14(15(18)9-12)17(22)21-8-7-20-11-16(21)13-3-2-6-19-10-13/h2-6,9-10,16,20H,7-8,11H2,1H3. The highest BCUT2D eigenvalue weighted by molar-refractivity contribution is 5.95. The number of amides is 1. The SMILES string of the molecule is Cc1ccc(C(=O)N2CCNCC2c2cccnc2)c(F)c1. The fourth-order valence-electron chi connectivity index (χ4n) is 2.77. The number of hydrogen-bond acceptors (Lipinski definition) is 3. The quantitative estimate of drug-likeness (QED) is 0.925. The van der Waals surface area contributed by atoms with Crippen LogP contribution in [-0.4, -0.2) is 35.4 Å². The Morgan fingerprint density at radius 1 is 1.41 bits per heavy atom. The second kappa shape index (κ2) is 6.23. The second-order valence-electron chi connectivity index (χ2n) is 5.49. The van der Waals surface area contributed by atoms with E-state index in [0.717, 1.165) is 11.1 Å². The molecule has 0 spiro atoms. The molecule has 2 heterocycles. The van der Waals surface area contributed by atoms with E-state index in [4.69, 9.17) is 0 Å². The van der Waals surface area contributed by atoms with Crippen molar-refractivity contribution in [2.24, 2.45) is 0 Å². The van der Waals surface area contributed by atoms with E-state index in [1.807, 2.05) is 12.1 Å². The molecule has 0 saturated carbocycles. The fourth-order valence-corrected chi connectivity index (χ4v) is 2.77. The summed E-state index contributed by atoms with van der Waals surface area (Å²) in [5, 5.41) is 3.28. The number of aryl methyl sites for hydroxylation is 1. The number of carbonyl (C=O) groups excluding carboxylic acids is 1. The topological polar surface area (TPSA) is 45.2 Å². The molecular formula is C17H18FN3O. The van der Waals surface area contributed by atoms with E-state index in [1.54, 1.807) is 36.4 Å². The lowest BCUT2D eigenvalue weighted by Crippen LogP contribution is -2.48. The highest BCUT2D eigenvalue weighted by Gasteiger charge is 2.29. The van der Waals surface area contributed by atoms with Crippen molar-refractivity contribution in [3.05, 3.63) is 65.2 Å². The van der Waals surface area contributed by atoms with Crippen LogP contribution in [0.5, 0.6) is 0 Å². The molecule has 3 rings (SSSR count). The molecule has 0 radical (unpaired) electrons. The van der Waals surface area contributed by atoms with Crippen LogP contribution in [0.25, 0.3) is 0 Å². The average molecular weight is 299 g/mol. The van der Waals surface area contributed by atoms with Gasteiger partial charge >= 0.3 is 0 Å². The molecule has 4 nitrogen and oxygen atoms in total. The van der Waals surface area contributed by atoms with Crippen LogP contribution in [0.15, 0.2) is 42.7 Å². The minimum Gasteiger partial charge on any atom is -0.329 e. The number of benzene rings is 1. The van der Waals surface area contributed by atoms with Gasteiger partial charge in [-0.15, -0.1) is 0 Å². The van der Waals surface area contributed by atoms with Crippen molar-refractivity contribution in [1.82, 2.24) is 15.2 Å². The molecule has 1 aromatic heterocycles. The number of nitrogens with zero attached hydrogens (tertiary/aromatic N) is 2. The van der Waals surface area contributed by atoms with E-state index >= 15 is 0 Å². The monoisotopic (exact) mass is 299 g/mol. The Bertz CT molecular complexity index is 675. The van der Waals surface area contributed by atoms with Crippen molar-refractivity contribution in [2.75, 3.05) is 19.6 Å². The molecule has 22 heavy (non-hydrogen) atoms. The van der Waals surface area contributed by atoms with Gasteiger partial charge in [-0.05, 0) is 36.2 Å². The average Bonchev–Trinajstić information content (AvgIpc) is 2.55. The lowest BCUT2D eigenvalue weighted by Gasteiger charge is -2.36. The summed E-state index contributed by atoms with van der Waals surface area (Å²) in [6.45, 7) is 3.70. The predicted molar refractivity (Wildman–Crippen MR) is 82.0 cm³/mol. The first-order valence-corrected chi connectivity index (χ1v) is 7.34. The van der Waals surface area contributed by atoms with Gasteiger partial charge in [-0.25, -0.2) is 4.39 Å². The largest absolute Gasteiger partial charge is 0.329 e. The summed E-state index contributed by atoms with van der Waals surface area (Å²) in [6, 6.07) is 8.38. The lowest BCUT2D eigenvalue weighted by molar-refractivity contribution is 0.0629. The predicted octanol–water partition coefficient (Wildman–Crippen LogP) is 2.32. The molecule has 0 aliphatic carbocycles. The number of halogens is 1. The van der Waals surface area contributed by atoms with Crippen molar-refractivity contribution in [1.29, 1.82) is 0 Å². The Labute approximate surface area is 129 Å². The maximum atomic E-state index is 14.1. The third kappa shape index (κ3) is 2.85. The number of hydrogen-bond donors (Lipinski definition) is 1. The number of rotatable bonds is 2. The van der Waals surface area contributed by atoms with Crippen molar-refractivity contribution < 1.29 is 9.18 Å². The first-order chi connectivity index (χ1) is 10.7. The van der Waals surface area contributed by atoms with Gasteiger partial charge in [0.15, 0.2) is 0 Å². The van der Waals surface area contributed by atoms with Crippen LogP contribution in [0.3, 0.4) is 0 Å². The van der Waals surface area contributed by atoms with Crippen molar-refractivity contribution >= 4 is 5.91 Å². The minimum atomic E-state index is -0.464. The Balaban J connectivity index is 1.92. The number of aromatic nitrogens is 1. The van der Waals surface area contributed by atoms with Gasteiger partial charge in [-0.2, -0.15) is 0 Å². The van der Waals surface area contributed by atoms with Gasteiger partial charge in [0.05, 0.1) is 11.6 Å². The van der Waals surface area contributed by atoms with Crippen LogP contribution in [0, 0.1) is 12.7 Å². The summed E-state index contributed by atoms with van der Waals surface area (Å²) in [6.07, 6.45) is 3.45. The maximum absolute atomic E-state index is 14.1. The molecule has 1 aromatic carbocycles. The summed E-state index contributed by atoms with van der Waals surface area (Å²) in [4.78, 5) is 18.6. The molecule has 1 amide bonds. The molecule has 1 unspecified atom stereocenters. The molecule has 1 N–H and O–H groups in total. The number of carbonyl (C=O) groups is 1. The van der Waals surface area contributed by atoms with Crippen LogP contribution in [0.4, 0.5) is 4.39 Å². The van der Waals surface area contributed by atoms with E-state index in [9.17, 15) is 9.18 Å². The molecule has 5 heteroatoms. The van der Waals surface area contributed by atoms with Gasteiger partial charge in [-0.3, -0.25) is 9.78 Å². The van der Waals surface area contributed by atoms with Gasteiger partial charge in [0.2, 0.25) is 0 Å². The molecule has 114 valence electrons. The molecule has 1 atom stereocenters. The lowest BCUT2D eigenvalue weighted by atomic mass is 10.0. The first kappa shape index (κ1) is 14.7. The Morgan fingerprint density at radius 3 is 3.00 bits per heavy atom. The molecule has 2 aromatic rings. The van der Waals surface area contributed by atoms with E-state index in [1.165, 1.54) is 6.07 Å². The normalized spacial score (nSPS) is 18.3. The smallest absolute Gasteiger partial charge is 0.257 e.